The number of ether oxygens (including phenoxy) is 1. The molecule has 1 saturated carbocycles. The Labute approximate surface area is 129 Å². The maximum absolute atomic E-state index is 14.0. The van der Waals surface area contributed by atoms with Gasteiger partial charge in [0.05, 0.1) is 18.2 Å². The largest absolute Gasteiger partial charge is 0.495 e. The highest BCUT2D eigenvalue weighted by molar-refractivity contribution is 6.02. The Hall–Kier alpha value is -2.36. The highest BCUT2D eigenvalue weighted by Crippen LogP contribution is 2.50. The minimum atomic E-state index is -0.750. The Morgan fingerprint density at radius 2 is 1.95 bits per heavy atom. The van der Waals surface area contributed by atoms with Gasteiger partial charge in [0.25, 0.3) is 0 Å². The summed E-state index contributed by atoms with van der Waals surface area (Å²) < 4.78 is 19.3. The summed E-state index contributed by atoms with van der Waals surface area (Å²) in [4.78, 5) is 12.7. The van der Waals surface area contributed by atoms with E-state index < -0.39 is 5.41 Å². The van der Waals surface area contributed by atoms with Gasteiger partial charge >= 0.3 is 0 Å². The maximum atomic E-state index is 14.0. The minimum absolute atomic E-state index is 0.179. The van der Waals surface area contributed by atoms with E-state index in [9.17, 15) is 9.18 Å². The molecule has 0 unspecified atom stereocenters. The molecule has 0 spiro atoms. The quantitative estimate of drug-likeness (QED) is 0.932. The molecule has 0 saturated heterocycles. The third-order valence-corrected chi connectivity index (χ3v) is 4.18. The zero-order chi connectivity index (χ0) is 15.7. The van der Waals surface area contributed by atoms with E-state index in [0.29, 0.717) is 29.8 Å². The molecule has 0 bridgehead atoms. The number of benzene rings is 2. The summed E-state index contributed by atoms with van der Waals surface area (Å²) in [5, 5.41) is 2.90. The number of methoxy groups -OCH3 is 1. The summed E-state index contributed by atoms with van der Waals surface area (Å²) in [6.07, 6.45) is 1.32. The fraction of sp³-hybridized carbons (Fsp3) is 0.278. The van der Waals surface area contributed by atoms with Crippen molar-refractivity contribution in [1.29, 1.82) is 0 Å². The molecule has 2 aromatic carbocycles. The van der Waals surface area contributed by atoms with Crippen molar-refractivity contribution < 1.29 is 13.9 Å². The normalized spacial score (nSPS) is 15.2. The average Bonchev–Trinajstić information content (AvgIpc) is 3.29. The molecule has 0 heterocycles. The molecule has 1 N–H and O–H groups in total. The van der Waals surface area contributed by atoms with Crippen LogP contribution in [0, 0.1) is 12.7 Å². The standard InChI is InChI=1S/C18H18FNO2/c1-12-7-8-16(22-2)15(11-12)20-17(21)18(9-10-18)13-5-3-4-6-14(13)19/h3-8,11H,9-10H2,1-2H3,(H,20,21). The van der Waals surface area contributed by atoms with Gasteiger partial charge < -0.3 is 10.1 Å². The van der Waals surface area contributed by atoms with Gasteiger partial charge in [-0.15, -0.1) is 0 Å². The lowest BCUT2D eigenvalue weighted by Gasteiger charge is -2.18. The van der Waals surface area contributed by atoms with Crippen LogP contribution in [0.5, 0.6) is 5.75 Å². The van der Waals surface area contributed by atoms with E-state index in [1.807, 2.05) is 25.1 Å². The molecule has 3 rings (SSSR count). The van der Waals surface area contributed by atoms with E-state index in [1.165, 1.54) is 6.07 Å². The van der Waals surface area contributed by atoms with Crippen molar-refractivity contribution in [3.05, 3.63) is 59.4 Å². The number of hydrogen-bond acceptors (Lipinski definition) is 2. The molecule has 0 atom stereocenters. The van der Waals surface area contributed by atoms with Crippen LogP contribution in [0.15, 0.2) is 42.5 Å². The molecule has 114 valence electrons. The Kier molecular flexibility index (Phi) is 3.61. The van der Waals surface area contributed by atoms with E-state index in [0.717, 1.165) is 5.56 Å². The second-order valence-corrected chi connectivity index (χ2v) is 5.72. The summed E-state index contributed by atoms with van der Waals surface area (Å²) in [7, 11) is 1.56. The molecule has 2 aromatic rings. The van der Waals surface area contributed by atoms with E-state index in [-0.39, 0.29) is 11.7 Å². The number of nitrogens with one attached hydrogen (secondary N) is 1. The summed E-state index contributed by atoms with van der Waals surface area (Å²) in [6, 6.07) is 12.1. The third-order valence-electron chi connectivity index (χ3n) is 4.18. The Morgan fingerprint density at radius 1 is 1.23 bits per heavy atom. The molecule has 1 fully saturated rings. The second-order valence-electron chi connectivity index (χ2n) is 5.72. The predicted molar refractivity (Wildman–Crippen MR) is 83.7 cm³/mol. The highest BCUT2D eigenvalue weighted by Gasteiger charge is 2.52. The number of hydrogen-bond donors (Lipinski definition) is 1. The first-order valence-corrected chi connectivity index (χ1v) is 7.28. The molecule has 0 aromatic heterocycles. The Morgan fingerprint density at radius 3 is 2.59 bits per heavy atom. The van der Waals surface area contributed by atoms with Crippen LogP contribution >= 0.6 is 0 Å². The molecule has 1 amide bonds. The first kappa shape index (κ1) is 14.6. The number of halogens is 1. The smallest absolute Gasteiger partial charge is 0.235 e. The molecule has 22 heavy (non-hydrogen) atoms. The second kappa shape index (κ2) is 5.44. The Bertz CT molecular complexity index is 723. The lowest BCUT2D eigenvalue weighted by atomic mass is 9.94. The number of carbonyl (C=O) groups is 1. The van der Waals surface area contributed by atoms with Crippen LogP contribution in [0.3, 0.4) is 0 Å². The van der Waals surface area contributed by atoms with Gasteiger partial charge in [-0.1, -0.05) is 24.3 Å². The lowest BCUT2D eigenvalue weighted by Crippen LogP contribution is -2.28. The van der Waals surface area contributed by atoms with E-state index in [4.69, 9.17) is 4.74 Å². The highest BCUT2D eigenvalue weighted by atomic mass is 19.1. The van der Waals surface area contributed by atoms with Crippen molar-refractivity contribution in [2.24, 2.45) is 0 Å². The summed E-state index contributed by atoms with van der Waals surface area (Å²) in [5.41, 5.74) is 1.36. The number of carbonyl (C=O) groups excluding carboxylic acids is 1. The topological polar surface area (TPSA) is 38.3 Å². The number of anilines is 1. The summed E-state index contributed by atoms with van der Waals surface area (Å²) >= 11 is 0. The number of amides is 1. The van der Waals surface area contributed by atoms with E-state index in [1.54, 1.807) is 25.3 Å². The van der Waals surface area contributed by atoms with Gasteiger partial charge in [-0.25, -0.2) is 4.39 Å². The van der Waals surface area contributed by atoms with E-state index in [2.05, 4.69) is 5.32 Å². The minimum Gasteiger partial charge on any atom is -0.495 e. The first-order valence-electron chi connectivity index (χ1n) is 7.28. The number of aryl methyl sites for hydroxylation is 1. The van der Waals surface area contributed by atoms with E-state index >= 15 is 0 Å². The zero-order valence-electron chi connectivity index (χ0n) is 12.7. The Balaban J connectivity index is 1.90. The van der Waals surface area contributed by atoms with Gasteiger partial charge in [-0.05, 0) is 43.5 Å². The van der Waals surface area contributed by atoms with Gasteiger partial charge in [0.2, 0.25) is 5.91 Å². The van der Waals surface area contributed by atoms with Crippen molar-refractivity contribution in [2.75, 3.05) is 12.4 Å². The van der Waals surface area contributed by atoms with Crippen LogP contribution in [0.2, 0.25) is 0 Å². The molecule has 4 heteroatoms. The predicted octanol–water partition coefficient (Wildman–Crippen LogP) is 3.81. The van der Waals surface area contributed by atoms with Crippen LogP contribution < -0.4 is 10.1 Å². The SMILES string of the molecule is COc1ccc(C)cc1NC(=O)C1(c2ccccc2F)CC1. The van der Waals surface area contributed by atoms with Crippen molar-refractivity contribution in [3.63, 3.8) is 0 Å². The van der Waals surface area contributed by atoms with Crippen molar-refractivity contribution in [2.45, 2.75) is 25.2 Å². The van der Waals surface area contributed by atoms with Gasteiger partial charge in [0.1, 0.15) is 11.6 Å². The molecular formula is C18H18FNO2. The lowest BCUT2D eigenvalue weighted by molar-refractivity contribution is -0.118. The fourth-order valence-corrected chi connectivity index (χ4v) is 2.75. The van der Waals surface area contributed by atoms with Gasteiger partial charge in [0, 0.05) is 5.56 Å². The molecular weight excluding hydrogens is 281 g/mol. The summed E-state index contributed by atoms with van der Waals surface area (Å²) in [6.45, 7) is 1.94. The zero-order valence-corrected chi connectivity index (χ0v) is 12.7. The van der Waals surface area contributed by atoms with Crippen LogP contribution in [0.1, 0.15) is 24.0 Å². The molecule has 0 aliphatic heterocycles. The molecule has 1 aliphatic carbocycles. The van der Waals surface area contributed by atoms with Gasteiger partial charge in [-0.3, -0.25) is 4.79 Å². The fourth-order valence-electron chi connectivity index (χ4n) is 2.75. The van der Waals surface area contributed by atoms with Crippen LogP contribution in [-0.2, 0) is 10.2 Å². The maximum Gasteiger partial charge on any atom is 0.235 e. The van der Waals surface area contributed by atoms with Crippen LogP contribution in [0.4, 0.5) is 10.1 Å². The van der Waals surface area contributed by atoms with Gasteiger partial charge in [-0.2, -0.15) is 0 Å². The first-order chi connectivity index (χ1) is 10.6. The van der Waals surface area contributed by atoms with Crippen molar-refractivity contribution in [1.82, 2.24) is 0 Å². The van der Waals surface area contributed by atoms with Crippen molar-refractivity contribution >= 4 is 11.6 Å². The molecule has 1 aliphatic rings. The van der Waals surface area contributed by atoms with Crippen LogP contribution in [0.25, 0.3) is 0 Å². The number of rotatable bonds is 4. The van der Waals surface area contributed by atoms with Crippen LogP contribution in [-0.4, -0.2) is 13.0 Å². The summed E-state index contributed by atoms with van der Waals surface area (Å²) in [5.74, 6) is 0.0936. The van der Waals surface area contributed by atoms with Crippen molar-refractivity contribution in [3.8, 4) is 5.75 Å². The van der Waals surface area contributed by atoms with Gasteiger partial charge in [0.15, 0.2) is 0 Å². The monoisotopic (exact) mass is 299 g/mol. The average molecular weight is 299 g/mol. The molecule has 3 nitrogen and oxygen atoms in total. The third kappa shape index (κ3) is 2.45. The molecule has 0 radical (unpaired) electrons.